The number of esters is 1. The molecule has 3 aromatic rings. The molecule has 0 bridgehead atoms. The van der Waals surface area contributed by atoms with Crippen LogP contribution in [0.3, 0.4) is 0 Å². The number of aryl methyl sites for hydroxylation is 1. The lowest BCUT2D eigenvalue weighted by Gasteiger charge is -2.12. The van der Waals surface area contributed by atoms with Crippen molar-refractivity contribution in [2.75, 3.05) is 11.9 Å². The van der Waals surface area contributed by atoms with E-state index >= 15 is 0 Å². The fourth-order valence-corrected chi connectivity index (χ4v) is 5.75. The summed E-state index contributed by atoms with van der Waals surface area (Å²) in [5, 5.41) is 13.9. The van der Waals surface area contributed by atoms with Gasteiger partial charge in [-0.15, -0.1) is 11.3 Å². The van der Waals surface area contributed by atoms with Crippen LogP contribution in [0.5, 0.6) is 5.75 Å². The predicted octanol–water partition coefficient (Wildman–Crippen LogP) is 7.24. The lowest BCUT2D eigenvalue weighted by molar-refractivity contribution is -0.112. The summed E-state index contributed by atoms with van der Waals surface area (Å²) in [6.07, 6.45) is 5.16. The van der Waals surface area contributed by atoms with E-state index in [9.17, 15) is 14.9 Å². The van der Waals surface area contributed by atoms with E-state index < -0.39 is 11.9 Å². The van der Waals surface area contributed by atoms with Crippen LogP contribution in [-0.2, 0) is 29.0 Å². The number of carbonyl (C=O) groups is 2. The summed E-state index contributed by atoms with van der Waals surface area (Å²) in [4.78, 5) is 26.7. The molecule has 0 unspecified atom stereocenters. The van der Waals surface area contributed by atoms with Crippen LogP contribution in [0.4, 0.5) is 5.00 Å². The summed E-state index contributed by atoms with van der Waals surface area (Å²) in [5.41, 5.74) is 2.73. The molecule has 1 heterocycles. The quantitative estimate of drug-likeness (QED) is 0.180. The number of benzene rings is 2. The van der Waals surface area contributed by atoms with Crippen molar-refractivity contribution in [3.63, 3.8) is 0 Å². The molecule has 1 amide bonds. The molecule has 1 aliphatic carbocycles. The summed E-state index contributed by atoms with van der Waals surface area (Å²) in [7, 11) is 0. The second kappa shape index (κ2) is 12.3. The summed E-state index contributed by atoms with van der Waals surface area (Å²) in [6.45, 7) is 2.26. The lowest BCUT2D eigenvalue weighted by Crippen LogP contribution is -2.16. The Kier molecular flexibility index (Phi) is 8.88. The predicted molar refractivity (Wildman–Crippen MR) is 146 cm³/mol. The Bertz CT molecular complexity index is 1390. The van der Waals surface area contributed by atoms with Gasteiger partial charge in [-0.05, 0) is 74.1 Å². The Labute approximate surface area is 229 Å². The largest absolute Gasteiger partial charge is 0.489 e. The van der Waals surface area contributed by atoms with Gasteiger partial charge in [-0.25, -0.2) is 4.79 Å². The SMILES string of the molecule is CCOC(=O)c1c(NC(=O)/C(C#N)=C/c2ccc(OCc3ccc(Cl)cc3Cl)cc2)sc2c1CCCC2. The van der Waals surface area contributed by atoms with E-state index in [0.29, 0.717) is 31.9 Å². The van der Waals surface area contributed by atoms with Crippen LogP contribution >= 0.6 is 34.5 Å². The molecule has 0 saturated carbocycles. The standard InChI is InChI=1S/C28H24Cl2N2O4S/c1-2-35-28(34)25-22-5-3-4-6-24(22)37-27(25)32-26(33)19(15-31)13-17-7-11-21(12-8-17)36-16-18-9-10-20(29)14-23(18)30/h7-14H,2-6,16H2,1H3,(H,32,33)/b19-13+. The molecule has 0 radical (unpaired) electrons. The summed E-state index contributed by atoms with van der Waals surface area (Å²) in [5.74, 6) is -0.422. The molecule has 9 heteroatoms. The van der Waals surface area contributed by atoms with Gasteiger partial charge < -0.3 is 14.8 Å². The van der Waals surface area contributed by atoms with Crippen molar-refractivity contribution >= 4 is 57.5 Å². The number of nitrogens with zero attached hydrogens (tertiary/aromatic N) is 1. The zero-order valence-corrected chi connectivity index (χ0v) is 22.4. The maximum absolute atomic E-state index is 13.0. The van der Waals surface area contributed by atoms with Crippen molar-refractivity contribution in [2.24, 2.45) is 0 Å². The van der Waals surface area contributed by atoms with Crippen molar-refractivity contribution in [3.05, 3.63) is 85.2 Å². The molecule has 4 rings (SSSR count). The third-order valence-corrected chi connectivity index (χ3v) is 7.64. The fourth-order valence-electron chi connectivity index (χ4n) is 4.02. The molecule has 0 fully saturated rings. The number of amides is 1. The Morgan fingerprint density at radius 2 is 1.89 bits per heavy atom. The van der Waals surface area contributed by atoms with Gasteiger partial charge in [0.2, 0.25) is 0 Å². The maximum atomic E-state index is 13.0. The summed E-state index contributed by atoms with van der Waals surface area (Å²) >= 11 is 13.5. The van der Waals surface area contributed by atoms with Crippen LogP contribution < -0.4 is 10.1 Å². The second-order valence-corrected chi connectivity index (χ2v) is 10.3. The van der Waals surface area contributed by atoms with Gasteiger partial charge in [0.05, 0.1) is 12.2 Å². The fraction of sp³-hybridized carbons (Fsp3) is 0.250. The van der Waals surface area contributed by atoms with Crippen molar-refractivity contribution < 1.29 is 19.1 Å². The zero-order chi connectivity index (χ0) is 26.4. The van der Waals surface area contributed by atoms with E-state index in [0.717, 1.165) is 41.7 Å². The first-order valence-corrected chi connectivity index (χ1v) is 13.4. The number of ether oxygens (including phenoxy) is 2. The Balaban J connectivity index is 1.47. The van der Waals surface area contributed by atoms with Gasteiger partial charge >= 0.3 is 5.97 Å². The van der Waals surface area contributed by atoms with Gasteiger partial charge in [0.15, 0.2) is 0 Å². The molecule has 0 aliphatic heterocycles. The molecular weight excluding hydrogens is 531 g/mol. The normalized spacial score (nSPS) is 12.9. The van der Waals surface area contributed by atoms with Gasteiger partial charge in [-0.3, -0.25) is 4.79 Å². The number of nitriles is 1. The van der Waals surface area contributed by atoms with Crippen LogP contribution in [-0.4, -0.2) is 18.5 Å². The number of hydrogen-bond donors (Lipinski definition) is 1. The van der Waals surface area contributed by atoms with Gasteiger partial charge in [-0.2, -0.15) is 5.26 Å². The smallest absolute Gasteiger partial charge is 0.341 e. The van der Waals surface area contributed by atoms with Crippen molar-refractivity contribution in [2.45, 2.75) is 39.2 Å². The second-order valence-electron chi connectivity index (χ2n) is 8.35. The minimum absolute atomic E-state index is 0.0807. The molecule has 190 valence electrons. The first-order chi connectivity index (χ1) is 17.9. The van der Waals surface area contributed by atoms with E-state index in [-0.39, 0.29) is 18.8 Å². The number of nitrogens with one attached hydrogen (secondary N) is 1. The van der Waals surface area contributed by atoms with Crippen LogP contribution in [0.25, 0.3) is 6.08 Å². The van der Waals surface area contributed by atoms with E-state index in [2.05, 4.69) is 5.32 Å². The van der Waals surface area contributed by atoms with Crippen molar-refractivity contribution in [1.29, 1.82) is 5.26 Å². The zero-order valence-electron chi connectivity index (χ0n) is 20.1. The number of carbonyl (C=O) groups excluding carboxylic acids is 2. The first kappa shape index (κ1) is 26.7. The highest BCUT2D eigenvalue weighted by atomic mass is 35.5. The molecule has 0 spiro atoms. The highest BCUT2D eigenvalue weighted by Gasteiger charge is 2.27. The molecule has 6 nitrogen and oxygen atoms in total. The molecule has 37 heavy (non-hydrogen) atoms. The van der Waals surface area contributed by atoms with Gasteiger partial charge in [0.25, 0.3) is 5.91 Å². The van der Waals surface area contributed by atoms with Crippen LogP contribution in [0.15, 0.2) is 48.0 Å². The molecule has 1 N–H and O–H groups in total. The molecule has 0 atom stereocenters. The van der Waals surface area contributed by atoms with Crippen molar-refractivity contribution in [1.82, 2.24) is 0 Å². The molecule has 2 aromatic carbocycles. The van der Waals surface area contributed by atoms with Gasteiger partial charge in [0.1, 0.15) is 29.0 Å². The van der Waals surface area contributed by atoms with E-state index in [1.165, 1.54) is 17.4 Å². The number of fused-ring (bicyclic) bond motifs is 1. The van der Waals surface area contributed by atoms with Gasteiger partial charge in [0, 0.05) is 20.5 Å². The van der Waals surface area contributed by atoms with Crippen LogP contribution in [0, 0.1) is 11.3 Å². The molecule has 0 saturated heterocycles. The highest BCUT2D eigenvalue weighted by Crippen LogP contribution is 2.39. The number of halogens is 2. The minimum atomic E-state index is -0.579. The Morgan fingerprint density at radius 1 is 1.14 bits per heavy atom. The molecule has 1 aromatic heterocycles. The summed E-state index contributed by atoms with van der Waals surface area (Å²) in [6, 6.07) is 14.1. The average Bonchev–Trinajstić information content (AvgIpc) is 3.25. The number of thiophene rings is 1. The molecule has 1 aliphatic rings. The summed E-state index contributed by atoms with van der Waals surface area (Å²) < 4.78 is 11.0. The van der Waals surface area contributed by atoms with Crippen LogP contribution in [0.2, 0.25) is 10.0 Å². The lowest BCUT2D eigenvalue weighted by atomic mass is 9.95. The minimum Gasteiger partial charge on any atom is -0.489 e. The van der Waals surface area contributed by atoms with Crippen LogP contribution in [0.1, 0.15) is 51.7 Å². The third kappa shape index (κ3) is 6.53. The first-order valence-electron chi connectivity index (χ1n) is 11.8. The van der Waals surface area contributed by atoms with Crippen molar-refractivity contribution in [3.8, 4) is 11.8 Å². The Hall–Kier alpha value is -3.31. The number of anilines is 1. The van der Waals surface area contributed by atoms with E-state index in [1.807, 2.05) is 6.07 Å². The van der Waals surface area contributed by atoms with Gasteiger partial charge in [-0.1, -0.05) is 41.4 Å². The topological polar surface area (TPSA) is 88.4 Å². The Morgan fingerprint density at radius 3 is 2.59 bits per heavy atom. The average molecular weight is 555 g/mol. The number of rotatable bonds is 8. The third-order valence-electron chi connectivity index (χ3n) is 5.84. The maximum Gasteiger partial charge on any atom is 0.341 e. The molecular formula is C28H24Cl2N2O4S. The number of hydrogen-bond acceptors (Lipinski definition) is 6. The highest BCUT2D eigenvalue weighted by molar-refractivity contribution is 7.17. The van der Waals surface area contributed by atoms with E-state index in [4.69, 9.17) is 32.7 Å². The monoisotopic (exact) mass is 554 g/mol. The van der Waals surface area contributed by atoms with E-state index in [1.54, 1.807) is 49.4 Å².